The van der Waals surface area contributed by atoms with Crippen LogP contribution < -0.4 is 11.1 Å². The molecule has 1 aliphatic carbocycles. The van der Waals surface area contributed by atoms with E-state index in [0.29, 0.717) is 6.04 Å². The van der Waals surface area contributed by atoms with Crippen molar-refractivity contribution >= 4 is 5.69 Å². The van der Waals surface area contributed by atoms with Crippen molar-refractivity contribution in [2.75, 3.05) is 5.32 Å². The minimum Gasteiger partial charge on any atom is -0.381 e. The van der Waals surface area contributed by atoms with Gasteiger partial charge in [0.25, 0.3) is 0 Å². The third kappa shape index (κ3) is 2.06. The molecule has 0 saturated heterocycles. The molecule has 1 fully saturated rings. The van der Waals surface area contributed by atoms with E-state index in [1.165, 1.54) is 11.3 Å². The van der Waals surface area contributed by atoms with Crippen molar-refractivity contribution in [3.63, 3.8) is 0 Å². The average Bonchev–Trinajstić information content (AvgIpc) is 2.44. The molecule has 1 saturated carbocycles. The van der Waals surface area contributed by atoms with E-state index < -0.39 is 0 Å². The minimum absolute atomic E-state index is 0.0760. The molecular formula is C15H24N2. The molecular weight excluding hydrogens is 208 g/mol. The highest BCUT2D eigenvalue weighted by Crippen LogP contribution is 2.45. The Balaban J connectivity index is 2.19. The average molecular weight is 232 g/mol. The smallest absolute Gasteiger partial charge is 0.0372 e. The summed E-state index contributed by atoms with van der Waals surface area (Å²) in [6.45, 7) is 8.87. The van der Waals surface area contributed by atoms with Gasteiger partial charge in [0.1, 0.15) is 0 Å². The molecule has 94 valence electrons. The number of hydrogen-bond donors (Lipinski definition) is 2. The fraction of sp³-hybridized carbons (Fsp3) is 0.600. The second kappa shape index (κ2) is 4.02. The number of rotatable bonds is 2. The summed E-state index contributed by atoms with van der Waals surface area (Å²) in [4.78, 5) is 0. The molecule has 2 rings (SSSR count). The summed E-state index contributed by atoms with van der Waals surface area (Å²) in [7, 11) is 0. The van der Waals surface area contributed by atoms with Crippen LogP contribution in [0, 0.1) is 12.3 Å². The minimum atomic E-state index is -0.0760. The number of aryl methyl sites for hydroxylation is 1. The summed E-state index contributed by atoms with van der Waals surface area (Å²) in [5, 5.41) is 3.68. The lowest BCUT2D eigenvalue weighted by Crippen LogP contribution is -2.51. The van der Waals surface area contributed by atoms with Gasteiger partial charge in [-0.3, -0.25) is 0 Å². The Morgan fingerprint density at radius 2 is 1.88 bits per heavy atom. The van der Waals surface area contributed by atoms with E-state index in [1.54, 1.807) is 0 Å². The predicted octanol–water partition coefficient (Wildman–Crippen LogP) is 3.31. The van der Waals surface area contributed by atoms with Crippen molar-refractivity contribution in [2.45, 2.75) is 52.1 Å². The molecule has 2 heteroatoms. The van der Waals surface area contributed by atoms with E-state index in [4.69, 9.17) is 5.73 Å². The van der Waals surface area contributed by atoms with Crippen LogP contribution in [0.5, 0.6) is 0 Å². The van der Waals surface area contributed by atoms with Crippen molar-refractivity contribution in [2.24, 2.45) is 11.1 Å². The van der Waals surface area contributed by atoms with Crippen LogP contribution >= 0.6 is 0 Å². The molecule has 3 N–H and O–H groups in total. The lowest BCUT2D eigenvalue weighted by atomic mass is 9.75. The topological polar surface area (TPSA) is 38.0 Å². The molecule has 17 heavy (non-hydrogen) atoms. The molecule has 0 spiro atoms. The second-order valence-electron chi connectivity index (χ2n) is 6.19. The molecule has 2 nitrogen and oxygen atoms in total. The number of benzene rings is 1. The molecule has 1 aliphatic rings. The van der Waals surface area contributed by atoms with Crippen LogP contribution in [0.1, 0.15) is 39.2 Å². The monoisotopic (exact) mass is 232 g/mol. The first-order valence-electron chi connectivity index (χ1n) is 6.46. The molecule has 0 amide bonds. The van der Waals surface area contributed by atoms with E-state index >= 15 is 0 Å². The Morgan fingerprint density at radius 1 is 1.24 bits per heavy atom. The zero-order chi connectivity index (χ0) is 12.7. The molecule has 1 aromatic carbocycles. The molecule has 2 atom stereocenters. The Bertz CT molecular complexity index is 407. The summed E-state index contributed by atoms with van der Waals surface area (Å²) in [5.74, 6) is 0. The third-order valence-electron chi connectivity index (χ3n) is 4.77. The Kier molecular flexibility index (Phi) is 2.94. The Hall–Kier alpha value is -1.02. The summed E-state index contributed by atoms with van der Waals surface area (Å²) < 4.78 is 0. The Labute approximate surface area is 105 Å². The second-order valence-corrected chi connectivity index (χ2v) is 6.19. The number of nitrogens with one attached hydrogen (secondary N) is 1. The van der Waals surface area contributed by atoms with Gasteiger partial charge in [-0.25, -0.2) is 0 Å². The van der Waals surface area contributed by atoms with Crippen molar-refractivity contribution in [1.82, 2.24) is 0 Å². The van der Waals surface area contributed by atoms with Crippen LogP contribution in [0.25, 0.3) is 0 Å². The number of nitrogens with two attached hydrogens (primary N) is 1. The highest BCUT2D eigenvalue weighted by molar-refractivity contribution is 5.51. The van der Waals surface area contributed by atoms with Gasteiger partial charge in [-0.2, -0.15) is 0 Å². The lowest BCUT2D eigenvalue weighted by Gasteiger charge is -2.39. The molecule has 0 radical (unpaired) electrons. The maximum absolute atomic E-state index is 6.40. The number of anilines is 1. The van der Waals surface area contributed by atoms with Crippen molar-refractivity contribution in [1.29, 1.82) is 0 Å². The molecule has 2 unspecified atom stereocenters. The zero-order valence-corrected chi connectivity index (χ0v) is 11.4. The van der Waals surface area contributed by atoms with E-state index in [-0.39, 0.29) is 11.0 Å². The van der Waals surface area contributed by atoms with Crippen molar-refractivity contribution in [3.8, 4) is 0 Å². The fourth-order valence-corrected chi connectivity index (χ4v) is 2.70. The quantitative estimate of drug-likeness (QED) is 0.821. The van der Waals surface area contributed by atoms with Gasteiger partial charge in [0, 0.05) is 22.7 Å². The predicted molar refractivity (Wildman–Crippen MR) is 74.2 cm³/mol. The summed E-state index contributed by atoms with van der Waals surface area (Å²) in [6.07, 6.45) is 2.23. The van der Waals surface area contributed by atoms with E-state index in [9.17, 15) is 0 Å². The first-order valence-corrected chi connectivity index (χ1v) is 6.46. The van der Waals surface area contributed by atoms with Gasteiger partial charge in [0.05, 0.1) is 0 Å². The van der Waals surface area contributed by atoms with Crippen LogP contribution in [0.15, 0.2) is 24.3 Å². The summed E-state index contributed by atoms with van der Waals surface area (Å²) in [5.41, 5.74) is 8.98. The van der Waals surface area contributed by atoms with Crippen LogP contribution in [-0.4, -0.2) is 11.6 Å². The van der Waals surface area contributed by atoms with E-state index in [2.05, 4.69) is 57.3 Å². The van der Waals surface area contributed by atoms with Gasteiger partial charge in [-0.15, -0.1) is 0 Å². The van der Waals surface area contributed by atoms with E-state index in [1.807, 2.05) is 0 Å². The van der Waals surface area contributed by atoms with E-state index in [0.717, 1.165) is 12.8 Å². The van der Waals surface area contributed by atoms with Crippen LogP contribution in [-0.2, 0) is 0 Å². The molecule has 0 bridgehead atoms. The maximum Gasteiger partial charge on any atom is 0.0372 e. The molecule has 0 heterocycles. The highest BCUT2D eigenvalue weighted by Gasteiger charge is 2.49. The summed E-state index contributed by atoms with van der Waals surface area (Å²) >= 11 is 0. The molecule has 0 aliphatic heterocycles. The molecule has 1 aromatic rings. The third-order valence-corrected chi connectivity index (χ3v) is 4.77. The van der Waals surface area contributed by atoms with Gasteiger partial charge >= 0.3 is 0 Å². The van der Waals surface area contributed by atoms with Crippen molar-refractivity contribution in [3.05, 3.63) is 29.8 Å². The highest BCUT2D eigenvalue weighted by atomic mass is 15.0. The SMILES string of the molecule is Cc1ccccc1NC1CCC(C)(N)C1(C)C. The zero-order valence-electron chi connectivity index (χ0n) is 11.4. The van der Waals surface area contributed by atoms with Gasteiger partial charge in [-0.1, -0.05) is 32.0 Å². The maximum atomic E-state index is 6.40. The van der Waals surface area contributed by atoms with Crippen molar-refractivity contribution < 1.29 is 0 Å². The Morgan fingerprint density at radius 3 is 2.41 bits per heavy atom. The van der Waals surface area contributed by atoms with Crippen LogP contribution in [0.2, 0.25) is 0 Å². The standard InChI is InChI=1S/C15H24N2/c1-11-7-5-6-8-12(11)17-13-9-10-15(4,16)14(13,2)3/h5-8,13,17H,9-10,16H2,1-4H3. The van der Waals surface area contributed by atoms with Gasteiger partial charge in [-0.05, 0) is 38.3 Å². The van der Waals surface area contributed by atoms with Gasteiger partial charge in [0.2, 0.25) is 0 Å². The molecule has 0 aromatic heterocycles. The first kappa shape index (κ1) is 12.4. The van der Waals surface area contributed by atoms with Crippen LogP contribution in [0.3, 0.4) is 0 Å². The summed E-state index contributed by atoms with van der Waals surface area (Å²) in [6, 6.07) is 8.91. The fourth-order valence-electron chi connectivity index (χ4n) is 2.70. The normalized spacial score (nSPS) is 31.5. The first-order chi connectivity index (χ1) is 7.84. The number of hydrogen-bond acceptors (Lipinski definition) is 2. The largest absolute Gasteiger partial charge is 0.381 e. The lowest BCUT2D eigenvalue weighted by molar-refractivity contribution is 0.215. The van der Waals surface area contributed by atoms with Gasteiger partial charge < -0.3 is 11.1 Å². The van der Waals surface area contributed by atoms with Crippen LogP contribution in [0.4, 0.5) is 5.69 Å². The number of para-hydroxylation sites is 1. The van der Waals surface area contributed by atoms with Gasteiger partial charge in [0.15, 0.2) is 0 Å².